The summed E-state index contributed by atoms with van der Waals surface area (Å²) in [7, 11) is 0. The summed E-state index contributed by atoms with van der Waals surface area (Å²) >= 11 is 0. The number of allylic oxidation sites excluding steroid dienone is 1. The van der Waals surface area contributed by atoms with Gasteiger partial charge in [0.1, 0.15) is 55.4 Å². The summed E-state index contributed by atoms with van der Waals surface area (Å²) in [5, 5.41) is 105. The molecule has 52 heavy (non-hydrogen) atoms. The number of rotatable bonds is 9. The van der Waals surface area contributed by atoms with Crippen LogP contribution in [0.3, 0.4) is 0 Å². The standard InChI is InChI=1S/C35H56O17/c36-17-5-1-15(2-6-17)3-8-27(42)47-14-26-29(44)30(45)33(52-34-31(46)28(43)23(41)13-48-34)35(51-26)50-25-12-19-21(39)10-18(37)11-24(19)49-32(25)16-4-7-20(38)22(40)9-16/h3,8,15-26,28-41,43-46H,1-2,4-7,9-14H2/p+1/t15?,16?,17?,18?,19?,20?,21?,22?,23-,24?,25?,26-,28+,29-,30+,31-,32?,33-,34+,35-/m1/s1. The highest BCUT2D eigenvalue weighted by Crippen LogP contribution is 2.42. The maximum absolute atomic E-state index is 12.7. The van der Waals surface area contributed by atoms with Gasteiger partial charge < -0.3 is 79.5 Å². The number of aliphatic hydroxyl groups excluding tert-OH is 10. The fraction of sp³-hybridized carbons (Fsp3) is 0.914. The Morgan fingerprint density at radius 3 is 2.17 bits per heavy atom. The first-order valence-electron chi connectivity index (χ1n) is 18.7. The Bertz CT molecular complexity index is 1180. The highest BCUT2D eigenvalue weighted by Gasteiger charge is 2.56. The van der Waals surface area contributed by atoms with Gasteiger partial charge in [-0.1, -0.05) is 6.08 Å². The highest BCUT2D eigenvalue weighted by atomic mass is 16.8. The third-order valence-electron chi connectivity index (χ3n) is 11.9. The third-order valence-corrected chi connectivity index (χ3v) is 11.9. The molecule has 0 aromatic carbocycles. The summed E-state index contributed by atoms with van der Waals surface area (Å²) in [5.74, 6) is -1.27. The van der Waals surface area contributed by atoms with Crippen molar-refractivity contribution in [2.45, 2.75) is 168 Å². The number of aliphatic hydroxyl groups is 12. The number of carbonyl (C=O) groups excluding carboxylic acids is 1. The molecule has 9 unspecified atom stereocenters. The Morgan fingerprint density at radius 1 is 0.692 bits per heavy atom. The van der Waals surface area contributed by atoms with Gasteiger partial charge in [0.15, 0.2) is 24.8 Å². The van der Waals surface area contributed by atoms with Crippen molar-refractivity contribution < 1.29 is 84.3 Å². The normalized spacial score (nSPS) is 50.4. The van der Waals surface area contributed by atoms with Gasteiger partial charge in [0.25, 0.3) is 0 Å². The predicted octanol–water partition coefficient (Wildman–Crippen LogP) is -3.38. The maximum Gasteiger partial charge on any atom is 0.330 e. The van der Waals surface area contributed by atoms with E-state index in [2.05, 4.69) is 0 Å². The molecule has 0 bridgehead atoms. The van der Waals surface area contributed by atoms with E-state index in [1.165, 1.54) is 6.08 Å². The molecule has 3 saturated heterocycles. The summed E-state index contributed by atoms with van der Waals surface area (Å²) in [6.45, 7) is -0.891. The lowest BCUT2D eigenvalue weighted by Gasteiger charge is -2.49. The van der Waals surface area contributed by atoms with Gasteiger partial charge in [0, 0.05) is 24.8 Å². The van der Waals surface area contributed by atoms with Crippen molar-refractivity contribution in [1.82, 2.24) is 0 Å². The molecule has 0 amide bonds. The van der Waals surface area contributed by atoms with Gasteiger partial charge in [-0.3, -0.25) is 0 Å². The minimum atomic E-state index is -1.76. The molecule has 298 valence electrons. The van der Waals surface area contributed by atoms with Crippen LogP contribution in [-0.2, 0) is 28.5 Å². The van der Waals surface area contributed by atoms with Gasteiger partial charge in [0.05, 0.1) is 43.0 Å². The Morgan fingerprint density at radius 2 is 1.44 bits per heavy atom. The molecule has 6 fully saturated rings. The molecule has 3 saturated carbocycles. The number of hydrogen-bond donors (Lipinski definition) is 10. The maximum atomic E-state index is 12.7. The van der Waals surface area contributed by atoms with Crippen LogP contribution in [0.5, 0.6) is 0 Å². The lowest BCUT2D eigenvalue weighted by Crippen LogP contribution is -2.65. The third kappa shape index (κ3) is 9.34. The summed E-state index contributed by atoms with van der Waals surface area (Å²) in [4.78, 5) is 12.7. The summed E-state index contributed by atoms with van der Waals surface area (Å²) in [6.07, 6.45) is -12.5. The first-order chi connectivity index (χ1) is 24.8. The van der Waals surface area contributed by atoms with Crippen LogP contribution in [0.1, 0.15) is 64.2 Å². The zero-order chi connectivity index (χ0) is 37.3. The van der Waals surface area contributed by atoms with E-state index in [1.807, 2.05) is 0 Å². The largest absolute Gasteiger partial charge is 0.460 e. The van der Waals surface area contributed by atoms with Crippen LogP contribution < -0.4 is 0 Å². The topological polar surface area (TPSA) is 278 Å². The smallest absolute Gasteiger partial charge is 0.330 e. The van der Waals surface area contributed by atoms with Gasteiger partial charge >= 0.3 is 5.97 Å². The summed E-state index contributed by atoms with van der Waals surface area (Å²) < 4.78 is 34.5. The van der Waals surface area contributed by atoms with Crippen molar-refractivity contribution in [1.29, 1.82) is 0 Å². The Kier molecular flexibility index (Phi) is 13.6. The van der Waals surface area contributed by atoms with Gasteiger partial charge in [-0.15, -0.1) is 0 Å². The molecule has 3 aliphatic heterocycles. The van der Waals surface area contributed by atoms with Crippen LogP contribution >= 0.6 is 0 Å². The highest BCUT2D eigenvalue weighted by molar-refractivity contribution is 5.81. The van der Waals surface area contributed by atoms with E-state index in [1.54, 1.807) is 6.08 Å². The molecular weight excluding hydrogens is 692 g/mol. The molecule has 6 aliphatic rings. The fourth-order valence-corrected chi connectivity index (χ4v) is 8.75. The van der Waals surface area contributed by atoms with Crippen molar-refractivity contribution in [2.75, 3.05) is 13.2 Å². The van der Waals surface area contributed by atoms with Gasteiger partial charge in [0.2, 0.25) is 0 Å². The number of hydrogen-bond acceptors (Lipinski definition) is 16. The average Bonchev–Trinajstić information content (AvgIpc) is 3.11. The zero-order valence-electron chi connectivity index (χ0n) is 29.1. The second-order valence-electron chi connectivity index (χ2n) is 15.6. The molecular formula is C35H57O17+. The number of ether oxygens (including phenoxy) is 6. The van der Waals surface area contributed by atoms with Crippen LogP contribution in [0.25, 0.3) is 0 Å². The van der Waals surface area contributed by atoms with Crippen LogP contribution in [-0.4, -0.2) is 179 Å². The van der Waals surface area contributed by atoms with E-state index < -0.39 is 123 Å². The molecule has 0 radical (unpaired) electrons. The average molecular weight is 750 g/mol. The second-order valence-corrected chi connectivity index (χ2v) is 15.6. The number of esters is 1. The van der Waals surface area contributed by atoms with Crippen molar-refractivity contribution in [3.63, 3.8) is 0 Å². The molecule has 3 heterocycles. The van der Waals surface area contributed by atoms with E-state index in [0.29, 0.717) is 32.1 Å². The van der Waals surface area contributed by atoms with Crippen LogP contribution in [0.15, 0.2) is 12.2 Å². The molecule has 3 aliphatic carbocycles. The lowest BCUT2D eigenvalue weighted by atomic mass is 9.72. The van der Waals surface area contributed by atoms with Crippen molar-refractivity contribution in [3.8, 4) is 0 Å². The van der Waals surface area contributed by atoms with E-state index >= 15 is 0 Å². The van der Waals surface area contributed by atoms with Crippen LogP contribution in [0, 0.1) is 17.8 Å². The molecule has 17 nitrogen and oxygen atoms in total. The van der Waals surface area contributed by atoms with E-state index in [-0.39, 0.29) is 37.2 Å². The molecule has 18 atom stereocenters. The lowest BCUT2D eigenvalue weighted by molar-refractivity contribution is -0.381. The Hall–Kier alpha value is -1.39. The van der Waals surface area contributed by atoms with Gasteiger partial charge in [-0.25, -0.2) is 4.79 Å². The first-order valence-corrected chi connectivity index (χ1v) is 18.7. The van der Waals surface area contributed by atoms with E-state index in [4.69, 9.17) is 28.4 Å². The van der Waals surface area contributed by atoms with Crippen molar-refractivity contribution in [2.24, 2.45) is 17.8 Å². The first kappa shape index (κ1) is 40.3. The van der Waals surface area contributed by atoms with Crippen molar-refractivity contribution in [3.05, 3.63) is 12.2 Å². The monoisotopic (exact) mass is 749 g/mol. The minimum Gasteiger partial charge on any atom is -0.460 e. The number of fused-ring (bicyclic) bond motifs is 1. The molecule has 6 rings (SSSR count). The van der Waals surface area contributed by atoms with E-state index in [0.717, 1.165) is 12.8 Å². The van der Waals surface area contributed by atoms with Gasteiger partial charge in [-0.05, 0) is 57.3 Å². The van der Waals surface area contributed by atoms with Crippen LogP contribution in [0.2, 0.25) is 0 Å². The summed E-state index contributed by atoms with van der Waals surface area (Å²) in [6, 6.07) is 0. The Labute approximate surface area is 301 Å². The molecule has 0 aromatic heterocycles. The quantitative estimate of drug-likeness (QED) is 0.0625. The molecule has 11 N–H and O–H groups in total. The zero-order valence-corrected chi connectivity index (χ0v) is 29.1. The molecule has 0 aromatic rings. The van der Waals surface area contributed by atoms with E-state index in [9.17, 15) is 55.9 Å². The predicted molar refractivity (Wildman–Crippen MR) is 175 cm³/mol. The molecule has 0 spiro atoms. The fourth-order valence-electron chi connectivity index (χ4n) is 8.75. The second kappa shape index (κ2) is 17.6. The summed E-state index contributed by atoms with van der Waals surface area (Å²) in [5.41, 5.74) is 0. The Balaban J connectivity index is 1.21. The number of carbonyl (C=O) groups is 1. The van der Waals surface area contributed by atoms with Crippen molar-refractivity contribution >= 4 is 5.97 Å². The van der Waals surface area contributed by atoms with Gasteiger partial charge in [-0.2, -0.15) is 0 Å². The minimum absolute atomic E-state index is 0.106. The molecule has 17 heteroatoms. The SMILES string of the molecule is O=C(C=CC1CCC(O)CC1)OC[C@H]1O[C@@H](OC2CC3C(O)CC(O)CC3[OH+]C2C2CCC(O)C(O)C2)[C@H](O[C@@H]2OC[C@@H](O)[C@H](O)[C@H]2O)[C@@H](O)[C@@H]1O. The van der Waals surface area contributed by atoms with Crippen LogP contribution in [0.4, 0.5) is 0 Å².